The Morgan fingerprint density at radius 2 is 0.700 bits per heavy atom. The van der Waals surface area contributed by atoms with Gasteiger partial charge in [-0.15, -0.1) is 0 Å². The number of fused-ring (bicyclic) bond motifs is 5. The fraction of sp³-hybridized carbons (Fsp3) is 0. The molecule has 0 saturated carbocycles. The molecule has 70 heavy (non-hydrogen) atoms. The summed E-state index contributed by atoms with van der Waals surface area (Å²) in [4.78, 5) is 2.42. The van der Waals surface area contributed by atoms with Crippen molar-refractivity contribution in [3.05, 3.63) is 279 Å². The predicted octanol–water partition coefficient (Wildman–Crippen LogP) is 18.9. The Morgan fingerprint density at radius 3 is 1.30 bits per heavy atom. The van der Waals surface area contributed by atoms with Crippen molar-refractivity contribution in [2.75, 3.05) is 4.90 Å². The van der Waals surface area contributed by atoms with E-state index >= 15 is 0 Å². The molecule has 0 aliphatic carbocycles. The summed E-state index contributed by atoms with van der Waals surface area (Å²) in [6.45, 7) is 0. The van der Waals surface area contributed by atoms with Gasteiger partial charge in [0.1, 0.15) is 0 Å². The smallest absolute Gasteiger partial charge is 0.0541 e. The van der Waals surface area contributed by atoms with E-state index in [1.807, 2.05) is 0 Å². The highest BCUT2D eigenvalue weighted by molar-refractivity contribution is 6.11. The molecule has 0 spiro atoms. The van der Waals surface area contributed by atoms with Crippen molar-refractivity contribution in [3.8, 4) is 61.3 Å². The Kier molecular flexibility index (Phi) is 10.2. The molecule has 1 heterocycles. The summed E-state index contributed by atoms with van der Waals surface area (Å²) < 4.78 is 2.46. The van der Waals surface area contributed by atoms with E-state index in [9.17, 15) is 0 Å². The van der Waals surface area contributed by atoms with Gasteiger partial charge in [-0.3, -0.25) is 0 Å². The molecule has 0 fully saturated rings. The summed E-state index contributed by atoms with van der Waals surface area (Å²) in [6, 6.07) is 102. The molecule has 1 aromatic heterocycles. The van der Waals surface area contributed by atoms with E-state index in [1.54, 1.807) is 0 Å². The molecule has 13 aromatic rings. The van der Waals surface area contributed by atoms with Crippen LogP contribution >= 0.6 is 0 Å². The molecule has 12 aromatic carbocycles. The normalized spacial score (nSPS) is 11.4. The average molecular weight is 891 g/mol. The van der Waals surface area contributed by atoms with Gasteiger partial charge >= 0.3 is 0 Å². The van der Waals surface area contributed by atoms with Gasteiger partial charge in [-0.05, 0) is 150 Å². The van der Waals surface area contributed by atoms with E-state index in [0.29, 0.717) is 0 Å². The Hall–Kier alpha value is -9.24. The molecular weight excluding hydrogens is 845 g/mol. The molecule has 0 unspecified atom stereocenters. The van der Waals surface area contributed by atoms with E-state index in [4.69, 9.17) is 0 Å². The molecule has 0 amide bonds. The molecule has 0 atom stereocenters. The van der Waals surface area contributed by atoms with Crippen LogP contribution in [0.3, 0.4) is 0 Å². The second-order valence-corrected chi connectivity index (χ2v) is 18.2. The summed E-state index contributed by atoms with van der Waals surface area (Å²) in [6.07, 6.45) is 0. The maximum absolute atomic E-state index is 2.46. The molecular formula is C68H46N2. The first-order valence-corrected chi connectivity index (χ1v) is 24.1. The quantitative estimate of drug-likeness (QED) is 0.140. The second kappa shape index (κ2) is 17.4. The predicted molar refractivity (Wildman–Crippen MR) is 298 cm³/mol. The van der Waals surface area contributed by atoms with E-state index in [0.717, 1.165) is 56.0 Å². The zero-order valence-corrected chi connectivity index (χ0v) is 38.5. The first kappa shape index (κ1) is 41.0. The second-order valence-electron chi connectivity index (χ2n) is 18.2. The van der Waals surface area contributed by atoms with Crippen molar-refractivity contribution in [2.45, 2.75) is 0 Å². The molecule has 0 saturated heterocycles. The number of aromatic nitrogens is 1. The number of benzene rings is 12. The third-order valence-corrected chi connectivity index (χ3v) is 13.9. The van der Waals surface area contributed by atoms with Crippen LogP contribution in [0.1, 0.15) is 0 Å². The van der Waals surface area contributed by atoms with Gasteiger partial charge in [0.25, 0.3) is 0 Å². The summed E-state index contributed by atoms with van der Waals surface area (Å²) in [5, 5.41) is 7.27. The minimum absolute atomic E-state index is 1.11. The van der Waals surface area contributed by atoms with Crippen LogP contribution in [0.15, 0.2) is 279 Å². The minimum atomic E-state index is 1.11. The number of hydrogen-bond donors (Lipinski definition) is 0. The molecule has 0 bridgehead atoms. The van der Waals surface area contributed by atoms with E-state index in [-0.39, 0.29) is 0 Å². The Labute approximate surface area is 408 Å². The van der Waals surface area contributed by atoms with Gasteiger partial charge in [0.05, 0.1) is 16.7 Å². The van der Waals surface area contributed by atoms with Crippen molar-refractivity contribution in [2.24, 2.45) is 0 Å². The van der Waals surface area contributed by atoms with E-state index < -0.39 is 0 Å². The highest BCUT2D eigenvalue weighted by Gasteiger charge is 2.21. The van der Waals surface area contributed by atoms with Gasteiger partial charge in [-0.1, -0.05) is 200 Å². The van der Waals surface area contributed by atoms with Crippen LogP contribution in [0.2, 0.25) is 0 Å². The lowest BCUT2D eigenvalue weighted by molar-refractivity contribution is 1.18. The summed E-state index contributed by atoms with van der Waals surface area (Å²) >= 11 is 0. The van der Waals surface area contributed by atoms with Crippen molar-refractivity contribution in [1.29, 1.82) is 0 Å². The molecule has 0 radical (unpaired) electrons. The number of hydrogen-bond acceptors (Lipinski definition) is 1. The molecule has 2 nitrogen and oxygen atoms in total. The third kappa shape index (κ3) is 7.49. The van der Waals surface area contributed by atoms with Crippen LogP contribution in [0.5, 0.6) is 0 Å². The Bertz CT molecular complexity index is 3890. The minimum Gasteiger partial charge on any atom is -0.310 e. The van der Waals surface area contributed by atoms with Gasteiger partial charge in [0.2, 0.25) is 0 Å². The first-order valence-electron chi connectivity index (χ1n) is 24.1. The number of anilines is 3. The largest absolute Gasteiger partial charge is 0.310 e. The maximum Gasteiger partial charge on any atom is 0.0541 e. The lowest BCUT2D eigenvalue weighted by Gasteiger charge is -2.28. The Balaban J connectivity index is 0.992. The van der Waals surface area contributed by atoms with Crippen LogP contribution in [0.25, 0.3) is 105 Å². The summed E-state index contributed by atoms with van der Waals surface area (Å²) in [7, 11) is 0. The molecule has 0 aliphatic rings. The molecule has 328 valence electrons. The van der Waals surface area contributed by atoms with Crippen LogP contribution in [-0.2, 0) is 0 Å². The van der Waals surface area contributed by atoms with Crippen molar-refractivity contribution < 1.29 is 0 Å². The monoisotopic (exact) mass is 890 g/mol. The van der Waals surface area contributed by atoms with E-state index in [2.05, 4.69) is 289 Å². The van der Waals surface area contributed by atoms with Crippen LogP contribution < -0.4 is 4.90 Å². The zero-order valence-electron chi connectivity index (χ0n) is 38.5. The molecule has 0 aliphatic heterocycles. The highest BCUT2D eigenvalue weighted by atomic mass is 15.1. The lowest BCUT2D eigenvalue weighted by atomic mass is 9.94. The summed E-state index contributed by atoms with van der Waals surface area (Å²) in [5.41, 5.74) is 18.5. The van der Waals surface area contributed by atoms with Crippen molar-refractivity contribution >= 4 is 60.4 Å². The van der Waals surface area contributed by atoms with E-state index in [1.165, 1.54) is 65.7 Å². The van der Waals surface area contributed by atoms with Gasteiger partial charge in [0.15, 0.2) is 0 Å². The van der Waals surface area contributed by atoms with Gasteiger partial charge in [-0.25, -0.2) is 0 Å². The van der Waals surface area contributed by atoms with Crippen molar-refractivity contribution in [3.63, 3.8) is 0 Å². The fourth-order valence-corrected chi connectivity index (χ4v) is 10.5. The van der Waals surface area contributed by atoms with Gasteiger partial charge < -0.3 is 9.47 Å². The van der Waals surface area contributed by atoms with Crippen LogP contribution in [-0.4, -0.2) is 4.57 Å². The SMILES string of the molecule is c1ccc(-c2cccc(-c3cc(-c4cccc(-c5ccccc5)c4)cc(-n4c5ccccc5c5cc(-c6ccccc6N(c6ccc7ccccc7c6)c6ccc7ccccc7c6)ccc54)c3)c2)cc1. The number of rotatable bonds is 9. The molecule has 2 heteroatoms. The van der Waals surface area contributed by atoms with Gasteiger partial charge in [0, 0.05) is 33.4 Å². The first-order chi connectivity index (χ1) is 34.7. The molecule has 13 rings (SSSR count). The topological polar surface area (TPSA) is 8.17 Å². The van der Waals surface area contributed by atoms with Crippen molar-refractivity contribution in [1.82, 2.24) is 4.57 Å². The average Bonchev–Trinajstić information content (AvgIpc) is 3.77. The fourth-order valence-electron chi connectivity index (χ4n) is 10.5. The van der Waals surface area contributed by atoms with Crippen LogP contribution in [0.4, 0.5) is 17.1 Å². The lowest BCUT2D eigenvalue weighted by Crippen LogP contribution is -2.11. The Morgan fingerprint density at radius 1 is 0.243 bits per heavy atom. The third-order valence-electron chi connectivity index (χ3n) is 13.9. The number of nitrogens with zero attached hydrogens (tertiary/aromatic N) is 2. The number of para-hydroxylation sites is 2. The zero-order chi connectivity index (χ0) is 46.4. The highest BCUT2D eigenvalue weighted by Crippen LogP contribution is 2.45. The standard InChI is InChI=1S/C68H46N2/c1-3-17-47(18-4-1)51-25-15-27-53(39-51)58-41-59(54-28-16-26-52(40-54)48-19-5-2-6-20-48)45-62(44-58)70-67-32-14-12-30-64(67)65-46-57(35-38-68(65)70)63-29-11-13-31-66(63)69(60-36-33-49-21-7-9-23-55(49)42-60)61-37-34-50-22-8-10-24-56(50)43-61/h1-46H. The van der Waals surface area contributed by atoms with Gasteiger partial charge in [-0.2, -0.15) is 0 Å². The van der Waals surface area contributed by atoms with Crippen LogP contribution in [0, 0.1) is 0 Å². The maximum atomic E-state index is 2.46. The molecule has 0 N–H and O–H groups in total. The summed E-state index contributed by atoms with van der Waals surface area (Å²) in [5.74, 6) is 0.